The fraction of sp³-hybridized carbons (Fsp3) is 0.391. The van der Waals surface area contributed by atoms with Gasteiger partial charge < -0.3 is 30.3 Å². The summed E-state index contributed by atoms with van der Waals surface area (Å²) in [5.41, 5.74) is 0.996. The van der Waals surface area contributed by atoms with Crippen LogP contribution >= 0.6 is 0 Å². The minimum absolute atomic E-state index is 0.0278. The molecule has 4 N–H and O–H groups in total. The molecule has 2 amide bonds. The van der Waals surface area contributed by atoms with Crippen LogP contribution in [0.4, 0.5) is 4.79 Å². The number of hydrogen-bond acceptors (Lipinski definition) is 6. The Labute approximate surface area is 182 Å². The molecular formula is C23H30N2O6. The number of nitrogens with one attached hydrogen (secondary N) is 2. The van der Waals surface area contributed by atoms with Crippen molar-refractivity contribution in [3.05, 3.63) is 59.7 Å². The molecule has 0 bridgehead atoms. The van der Waals surface area contributed by atoms with Crippen LogP contribution in [-0.4, -0.2) is 47.0 Å². The summed E-state index contributed by atoms with van der Waals surface area (Å²) in [5, 5.41) is 24.2. The van der Waals surface area contributed by atoms with Crippen LogP contribution < -0.4 is 10.6 Å². The number of ether oxygens (including phenoxy) is 2. The molecule has 0 heterocycles. The molecule has 1 atom stereocenters. The summed E-state index contributed by atoms with van der Waals surface area (Å²) < 4.78 is 10.9. The zero-order valence-electron chi connectivity index (χ0n) is 18.1. The monoisotopic (exact) mass is 430 g/mol. The Kier molecular flexibility index (Phi) is 8.69. The number of carbonyl (C=O) groups excluding carboxylic acids is 2. The van der Waals surface area contributed by atoms with Gasteiger partial charge in [0.25, 0.3) is 0 Å². The summed E-state index contributed by atoms with van der Waals surface area (Å²) >= 11 is 0. The number of alkyl carbamates (subject to hydrolysis) is 1. The highest BCUT2D eigenvalue weighted by atomic mass is 16.6. The Morgan fingerprint density at radius 2 is 1.71 bits per heavy atom. The average molecular weight is 431 g/mol. The number of carbonyl (C=O) groups is 2. The fourth-order valence-corrected chi connectivity index (χ4v) is 2.68. The number of phenols is 2. The zero-order valence-corrected chi connectivity index (χ0v) is 18.1. The van der Waals surface area contributed by atoms with Crippen LogP contribution in [0.15, 0.2) is 48.5 Å². The summed E-state index contributed by atoms with van der Waals surface area (Å²) in [6.45, 7) is 5.75. The van der Waals surface area contributed by atoms with E-state index < -0.39 is 23.6 Å². The second-order valence-corrected chi connectivity index (χ2v) is 8.06. The van der Waals surface area contributed by atoms with Crippen LogP contribution in [0.1, 0.15) is 31.9 Å². The third-order valence-corrected chi connectivity index (χ3v) is 4.16. The number of benzene rings is 2. The highest BCUT2D eigenvalue weighted by Crippen LogP contribution is 2.24. The first-order chi connectivity index (χ1) is 14.6. The van der Waals surface area contributed by atoms with E-state index in [9.17, 15) is 19.8 Å². The van der Waals surface area contributed by atoms with Gasteiger partial charge in [0, 0.05) is 6.54 Å². The number of phenolic OH excluding ortho intramolecular Hbond substituents is 2. The second-order valence-electron chi connectivity index (χ2n) is 8.06. The minimum atomic E-state index is -0.938. The van der Waals surface area contributed by atoms with Crippen molar-refractivity contribution in [2.45, 2.75) is 45.4 Å². The number of hydrogen-bond donors (Lipinski definition) is 4. The lowest BCUT2D eigenvalue weighted by atomic mass is 10.1. The van der Waals surface area contributed by atoms with Crippen molar-refractivity contribution in [2.75, 3.05) is 13.2 Å². The van der Waals surface area contributed by atoms with Gasteiger partial charge in [0.05, 0.1) is 13.2 Å². The highest BCUT2D eigenvalue weighted by Gasteiger charge is 2.24. The lowest BCUT2D eigenvalue weighted by Gasteiger charge is -2.23. The minimum Gasteiger partial charge on any atom is -0.504 e. The maximum atomic E-state index is 12.6. The molecule has 8 heteroatoms. The molecule has 0 spiro atoms. The molecule has 0 aromatic heterocycles. The van der Waals surface area contributed by atoms with Gasteiger partial charge in [0.2, 0.25) is 5.91 Å². The summed E-state index contributed by atoms with van der Waals surface area (Å²) in [6.07, 6.45) is -0.275. The van der Waals surface area contributed by atoms with E-state index in [-0.39, 0.29) is 24.7 Å². The second kappa shape index (κ2) is 11.2. The van der Waals surface area contributed by atoms with Crippen molar-refractivity contribution in [2.24, 2.45) is 0 Å². The third kappa shape index (κ3) is 8.96. The first kappa shape index (κ1) is 24.0. The largest absolute Gasteiger partial charge is 0.504 e. The fourth-order valence-electron chi connectivity index (χ4n) is 2.68. The van der Waals surface area contributed by atoms with Gasteiger partial charge in [-0.3, -0.25) is 4.79 Å². The van der Waals surface area contributed by atoms with E-state index in [4.69, 9.17) is 9.47 Å². The summed E-state index contributed by atoms with van der Waals surface area (Å²) in [7, 11) is 0. The quantitative estimate of drug-likeness (QED) is 0.455. The van der Waals surface area contributed by atoms with E-state index in [1.54, 1.807) is 26.8 Å². The lowest BCUT2D eigenvalue weighted by Crippen LogP contribution is -2.50. The molecule has 0 aliphatic heterocycles. The molecule has 0 unspecified atom stereocenters. The molecule has 0 aliphatic carbocycles. The third-order valence-electron chi connectivity index (χ3n) is 4.16. The molecular weight excluding hydrogens is 400 g/mol. The Morgan fingerprint density at radius 1 is 1.00 bits per heavy atom. The van der Waals surface area contributed by atoms with Crippen molar-refractivity contribution in [3.8, 4) is 11.5 Å². The van der Waals surface area contributed by atoms with E-state index in [0.717, 1.165) is 11.1 Å². The van der Waals surface area contributed by atoms with E-state index in [1.807, 2.05) is 30.3 Å². The van der Waals surface area contributed by atoms with Gasteiger partial charge >= 0.3 is 6.09 Å². The van der Waals surface area contributed by atoms with Gasteiger partial charge in [0.15, 0.2) is 11.5 Å². The number of rotatable bonds is 9. The predicted molar refractivity (Wildman–Crippen MR) is 116 cm³/mol. The van der Waals surface area contributed by atoms with Crippen LogP contribution in [0, 0.1) is 0 Å². The van der Waals surface area contributed by atoms with Crippen LogP contribution in [0.25, 0.3) is 0 Å². The average Bonchev–Trinajstić information content (AvgIpc) is 2.69. The molecule has 0 aliphatic rings. The normalized spacial score (nSPS) is 12.1. The Bertz CT molecular complexity index is 864. The van der Waals surface area contributed by atoms with Crippen molar-refractivity contribution in [1.29, 1.82) is 0 Å². The summed E-state index contributed by atoms with van der Waals surface area (Å²) in [4.78, 5) is 24.8. The first-order valence-electron chi connectivity index (χ1n) is 10.0. The van der Waals surface area contributed by atoms with Crippen molar-refractivity contribution in [1.82, 2.24) is 10.6 Å². The van der Waals surface area contributed by atoms with Gasteiger partial charge in [-0.25, -0.2) is 4.79 Å². The van der Waals surface area contributed by atoms with E-state index in [2.05, 4.69) is 10.6 Å². The van der Waals surface area contributed by atoms with E-state index >= 15 is 0 Å². The van der Waals surface area contributed by atoms with Gasteiger partial charge in [-0.05, 0) is 50.5 Å². The summed E-state index contributed by atoms with van der Waals surface area (Å²) in [5.74, 6) is -0.838. The van der Waals surface area contributed by atoms with Gasteiger partial charge in [0.1, 0.15) is 11.6 Å². The van der Waals surface area contributed by atoms with E-state index in [1.165, 1.54) is 12.1 Å². The molecule has 0 saturated carbocycles. The number of amides is 2. The maximum absolute atomic E-state index is 12.6. The van der Waals surface area contributed by atoms with Crippen molar-refractivity contribution >= 4 is 12.0 Å². The van der Waals surface area contributed by atoms with Gasteiger partial charge in [-0.15, -0.1) is 0 Å². The molecule has 168 valence electrons. The standard InChI is InChI=1S/C23H30N2O6/c1-23(2,3)31-22(29)25-18(15-30-14-17-7-5-4-6-8-17)21(28)24-12-11-16-9-10-19(26)20(27)13-16/h4-10,13,18,26-27H,11-12,14-15H2,1-3H3,(H,24,28)(H,25,29)/t18-/m0/s1. The maximum Gasteiger partial charge on any atom is 0.408 e. The molecule has 31 heavy (non-hydrogen) atoms. The summed E-state index contributed by atoms with van der Waals surface area (Å²) in [6, 6.07) is 13.0. The Morgan fingerprint density at radius 3 is 2.35 bits per heavy atom. The topological polar surface area (TPSA) is 117 Å². The van der Waals surface area contributed by atoms with Gasteiger partial charge in [-0.2, -0.15) is 0 Å². The molecule has 2 rings (SSSR count). The molecule has 0 saturated heterocycles. The molecule has 2 aromatic rings. The molecule has 2 aromatic carbocycles. The van der Waals surface area contributed by atoms with Crippen LogP contribution in [0.2, 0.25) is 0 Å². The molecule has 0 fully saturated rings. The smallest absolute Gasteiger partial charge is 0.408 e. The highest BCUT2D eigenvalue weighted by molar-refractivity contribution is 5.85. The van der Waals surface area contributed by atoms with Crippen LogP contribution in [0.3, 0.4) is 0 Å². The van der Waals surface area contributed by atoms with Crippen LogP contribution in [0.5, 0.6) is 11.5 Å². The molecule has 0 radical (unpaired) electrons. The SMILES string of the molecule is CC(C)(C)OC(=O)N[C@@H](COCc1ccccc1)C(=O)NCCc1ccc(O)c(O)c1. The Hall–Kier alpha value is -3.26. The van der Waals surface area contributed by atoms with Gasteiger partial charge in [-0.1, -0.05) is 36.4 Å². The number of aromatic hydroxyl groups is 2. The van der Waals surface area contributed by atoms with Crippen LogP contribution in [-0.2, 0) is 27.3 Å². The lowest BCUT2D eigenvalue weighted by molar-refractivity contribution is -0.124. The molecule has 8 nitrogen and oxygen atoms in total. The zero-order chi connectivity index (χ0) is 22.9. The van der Waals surface area contributed by atoms with Crippen molar-refractivity contribution in [3.63, 3.8) is 0 Å². The predicted octanol–water partition coefficient (Wildman–Crippen LogP) is 2.87. The van der Waals surface area contributed by atoms with E-state index in [0.29, 0.717) is 13.0 Å². The first-order valence-corrected chi connectivity index (χ1v) is 10.0. The van der Waals surface area contributed by atoms with Crippen molar-refractivity contribution < 1.29 is 29.3 Å². The Balaban J connectivity index is 1.91.